The Kier molecular flexibility index (Phi) is 7.94. The smallest absolute Gasteiger partial charge is 0.243 e. The number of carbonyl (C=O) groups excluding carboxylic acids is 1. The normalized spacial score (nSPS) is 16.6. The summed E-state index contributed by atoms with van der Waals surface area (Å²) in [5.74, 6) is -0.526. The van der Waals surface area contributed by atoms with Gasteiger partial charge in [-0.1, -0.05) is 18.2 Å². The van der Waals surface area contributed by atoms with E-state index in [0.29, 0.717) is 22.8 Å². The molecule has 198 valence electrons. The minimum absolute atomic E-state index is 0.0747. The molecule has 0 amide bonds. The third-order valence-corrected chi connectivity index (χ3v) is 7.80. The number of halogens is 2. The zero-order valence-corrected chi connectivity index (χ0v) is 21.7. The Morgan fingerprint density at radius 1 is 0.816 bits per heavy atom. The van der Waals surface area contributed by atoms with Crippen LogP contribution < -0.4 is 14.2 Å². The fourth-order valence-electron chi connectivity index (χ4n) is 4.10. The van der Waals surface area contributed by atoms with Crippen molar-refractivity contribution in [2.45, 2.75) is 4.90 Å². The number of Topliss-reactive ketones (excluding diaryl/α,β-unsaturated/α-hetero) is 1. The van der Waals surface area contributed by atoms with Crippen LogP contribution in [0.25, 0.3) is 12.2 Å². The van der Waals surface area contributed by atoms with Gasteiger partial charge in [-0.2, -0.15) is 4.31 Å². The summed E-state index contributed by atoms with van der Waals surface area (Å²) >= 11 is 0. The number of hydrogen-bond acceptors (Lipinski definition) is 6. The Morgan fingerprint density at radius 2 is 1.39 bits per heavy atom. The molecule has 4 rings (SSSR count). The average Bonchev–Trinajstić information content (AvgIpc) is 2.91. The minimum Gasteiger partial charge on any atom is -0.493 e. The average molecular weight is 542 g/mol. The first-order chi connectivity index (χ1) is 18.2. The van der Waals surface area contributed by atoms with Gasteiger partial charge in [0.25, 0.3) is 0 Å². The highest BCUT2D eigenvalue weighted by molar-refractivity contribution is 7.89. The largest absolute Gasteiger partial charge is 0.493 e. The topological polar surface area (TPSA) is 82.1 Å². The van der Waals surface area contributed by atoms with E-state index < -0.39 is 27.4 Å². The van der Waals surface area contributed by atoms with Crippen molar-refractivity contribution in [3.05, 3.63) is 94.6 Å². The van der Waals surface area contributed by atoms with Gasteiger partial charge in [-0.05, 0) is 60.2 Å². The summed E-state index contributed by atoms with van der Waals surface area (Å²) in [6, 6.07) is 13.5. The maximum Gasteiger partial charge on any atom is 0.243 e. The SMILES string of the molecule is COc1cc(C=C2CN(S(=O)(=O)c3ccc(F)cc3)CC(=Cc3ccccc3F)C2=O)cc(OC)c1OC. The van der Waals surface area contributed by atoms with Gasteiger partial charge in [0.2, 0.25) is 15.8 Å². The van der Waals surface area contributed by atoms with Crippen LogP contribution in [-0.4, -0.2) is 52.9 Å². The Labute approximate surface area is 219 Å². The molecule has 0 radical (unpaired) electrons. The van der Waals surface area contributed by atoms with Crippen LogP contribution in [0.1, 0.15) is 11.1 Å². The molecule has 0 saturated carbocycles. The van der Waals surface area contributed by atoms with Crippen molar-refractivity contribution >= 4 is 28.0 Å². The first-order valence-corrected chi connectivity index (χ1v) is 12.9. The highest BCUT2D eigenvalue weighted by Gasteiger charge is 2.34. The predicted octanol–water partition coefficient (Wildman–Crippen LogP) is 4.73. The van der Waals surface area contributed by atoms with Crippen molar-refractivity contribution in [3.8, 4) is 17.2 Å². The molecular formula is C28H25F2NO6S. The standard InChI is InChI=1S/C28H25F2NO6S/c1-35-25-13-18(14-26(36-2)28(25)37-3)12-20-16-31(38(33,34)23-10-8-22(29)9-11-23)17-21(27(20)32)15-19-6-4-5-7-24(19)30/h4-15H,16-17H2,1-3H3. The van der Waals surface area contributed by atoms with Crippen LogP contribution in [0.3, 0.4) is 0 Å². The lowest BCUT2D eigenvalue weighted by molar-refractivity contribution is -0.113. The van der Waals surface area contributed by atoms with Crippen molar-refractivity contribution in [1.82, 2.24) is 4.31 Å². The van der Waals surface area contributed by atoms with E-state index in [0.717, 1.165) is 28.6 Å². The molecule has 0 unspecified atom stereocenters. The molecule has 1 aliphatic heterocycles. The number of piperidine rings is 1. The number of ether oxygens (including phenoxy) is 3. The first-order valence-electron chi connectivity index (χ1n) is 11.4. The van der Waals surface area contributed by atoms with E-state index in [1.54, 1.807) is 18.2 Å². The number of carbonyl (C=O) groups is 1. The number of methoxy groups -OCH3 is 3. The van der Waals surface area contributed by atoms with Gasteiger partial charge in [-0.25, -0.2) is 17.2 Å². The van der Waals surface area contributed by atoms with Crippen LogP contribution in [0.2, 0.25) is 0 Å². The molecule has 1 saturated heterocycles. The molecule has 1 fully saturated rings. The van der Waals surface area contributed by atoms with Crippen LogP contribution in [0.5, 0.6) is 17.2 Å². The summed E-state index contributed by atoms with van der Waals surface area (Å²) in [6.45, 7) is -0.552. The molecule has 10 heteroatoms. The maximum atomic E-state index is 14.4. The molecule has 0 N–H and O–H groups in total. The fraction of sp³-hybridized carbons (Fsp3) is 0.179. The van der Waals surface area contributed by atoms with Crippen molar-refractivity contribution in [1.29, 1.82) is 0 Å². The summed E-state index contributed by atoms with van der Waals surface area (Å²) in [6.07, 6.45) is 2.86. The summed E-state index contributed by atoms with van der Waals surface area (Å²) in [4.78, 5) is 13.4. The van der Waals surface area contributed by atoms with Gasteiger partial charge in [0, 0.05) is 29.8 Å². The molecule has 3 aromatic rings. The molecular weight excluding hydrogens is 516 g/mol. The van der Waals surface area contributed by atoms with Crippen LogP contribution >= 0.6 is 0 Å². The molecule has 0 aliphatic carbocycles. The number of sulfonamides is 1. The zero-order chi connectivity index (χ0) is 27.4. The van der Waals surface area contributed by atoms with Gasteiger partial charge in [0.15, 0.2) is 17.3 Å². The Morgan fingerprint density at radius 3 is 1.95 bits per heavy atom. The highest BCUT2D eigenvalue weighted by atomic mass is 32.2. The molecule has 0 spiro atoms. The molecule has 1 heterocycles. The maximum absolute atomic E-state index is 14.4. The third kappa shape index (κ3) is 5.46. The molecule has 7 nitrogen and oxygen atoms in total. The minimum atomic E-state index is -4.13. The van der Waals surface area contributed by atoms with Crippen LogP contribution in [0, 0.1) is 11.6 Å². The van der Waals surface area contributed by atoms with E-state index in [2.05, 4.69) is 0 Å². The van der Waals surface area contributed by atoms with E-state index in [4.69, 9.17) is 14.2 Å². The van der Waals surface area contributed by atoms with Crippen molar-refractivity contribution in [2.75, 3.05) is 34.4 Å². The fourth-order valence-corrected chi connectivity index (χ4v) is 5.50. The monoisotopic (exact) mass is 541 g/mol. The lowest BCUT2D eigenvalue weighted by atomic mass is 9.95. The third-order valence-electron chi connectivity index (χ3n) is 5.99. The van der Waals surface area contributed by atoms with E-state index in [1.165, 1.54) is 51.7 Å². The molecule has 38 heavy (non-hydrogen) atoms. The number of rotatable bonds is 7. The number of ketones is 1. The number of nitrogens with zero attached hydrogens (tertiary/aromatic N) is 1. The second-order valence-electron chi connectivity index (χ2n) is 8.38. The van der Waals surface area contributed by atoms with Gasteiger partial charge < -0.3 is 14.2 Å². The van der Waals surface area contributed by atoms with Gasteiger partial charge in [-0.15, -0.1) is 0 Å². The van der Waals surface area contributed by atoms with Gasteiger partial charge in [0.1, 0.15) is 11.6 Å². The van der Waals surface area contributed by atoms with Gasteiger partial charge in [-0.3, -0.25) is 4.79 Å². The lowest BCUT2D eigenvalue weighted by Crippen LogP contribution is -2.41. The Hall–Kier alpha value is -4.02. The van der Waals surface area contributed by atoms with Crippen LogP contribution in [0.4, 0.5) is 8.78 Å². The second-order valence-corrected chi connectivity index (χ2v) is 10.3. The molecule has 3 aromatic carbocycles. The van der Waals surface area contributed by atoms with Crippen LogP contribution in [0.15, 0.2) is 76.7 Å². The predicted molar refractivity (Wildman–Crippen MR) is 139 cm³/mol. The molecule has 1 aliphatic rings. The molecule has 0 atom stereocenters. The van der Waals surface area contributed by atoms with Crippen molar-refractivity contribution < 1.29 is 36.2 Å². The number of hydrogen-bond donors (Lipinski definition) is 0. The quantitative estimate of drug-likeness (QED) is 0.403. The van der Waals surface area contributed by atoms with Gasteiger partial charge >= 0.3 is 0 Å². The summed E-state index contributed by atoms with van der Waals surface area (Å²) in [5, 5.41) is 0. The lowest BCUT2D eigenvalue weighted by Gasteiger charge is -2.29. The summed E-state index contributed by atoms with van der Waals surface area (Å²) < 4.78 is 72.0. The summed E-state index contributed by atoms with van der Waals surface area (Å²) in [5.41, 5.74) is 0.850. The van der Waals surface area contributed by atoms with Crippen molar-refractivity contribution in [2.24, 2.45) is 0 Å². The first kappa shape index (κ1) is 27.0. The molecule has 0 bridgehead atoms. The summed E-state index contributed by atoms with van der Waals surface area (Å²) in [7, 11) is 0.231. The number of benzene rings is 3. The van der Waals surface area contributed by atoms with E-state index in [-0.39, 0.29) is 34.7 Å². The Bertz CT molecular complexity index is 1510. The van der Waals surface area contributed by atoms with Gasteiger partial charge in [0.05, 0.1) is 26.2 Å². The second kappa shape index (κ2) is 11.2. The van der Waals surface area contributed by atoms with E-state index >= 15 is 0 Å². The van der Waals surface area contributed by atoms with E-state index in [1.807, 2.05) is 0 Å². The van der Waals surface area contributed by atoms with Crippen molar-refractivity contribution in [3.63, 3.8) is 0 Å². The zero-order valence-electron chi connectivity index (χ0n) is 20.9. The molecule has 0 aromatic heterocycles. The Balaban J connectivity index is 1.84. The highest BCUT2D eigenvalue weighted by Crippen LogP contribution is 2.39. The van der Waals surface area contributed by atoms with E-state index in [9.17, 15) is 22.0 Å². The van der Waals surface area contributed by atoms with Crippen LogP contribution in [-0.2, 0) is 14.8 Å².